The van der Waals surface area contributed by atoms with E-state index in [1.807, 2.05) is 46.4 Å². The minimum absolute atomic E-state index is 0. The van der Waals surface area contributed by atoms with Crippen molar-refractivity contribution >= 4 is 70.2 Å². The molecule has 0 saturated carbocycles. The van der Waals surface area contributed by atoms with Crippen LogP contribution in [0.15, 0.2) is 110 Å². The first-order chi connectivity index (χ1) is 53.8. The fraction of sp³-hybridized carbons (Fsp3) is 0.537. The first-order valence-corrected chi connectivity index (χ1v) is 40.8. The van der Waals surface area contributed by atoms with E-state index < -0.39 is 39.1 Å². The van der Waals surface area contributed by atoms with Gasteiger partial charge in [0.15, 0.2) is 6.29 Å². The fourth-order valence-corrected chi connectivity index (χ4v) is 13.3. The Bertz CT molecular complexity index is 3750. The number of nitrogens with one attached hydrogen (secondary N) is 4. The van der Waals surface area contributed by atoms with Crippen molar-refractivity contribution in [2.24, 2.45) is 0 Å². The maximum absolute atomic E-state index is 13.7. The van der Waals surface area contributed by atoms with Gasteiger partial charge in [-0.3, -0.25) is 4.55 Å². The molecule has 0 spiro atoms. The predicted molar refractivity (Wildman–Crippen MR) is 438 cm³/mol. The zero-order valence-corrected chi connectivity index (χ0v) is 72.5. The molecule has 20 nitrogen and oxygen atoms in total. The van der Waals surface area contributed by atoms with Crippen LogP contribution >= 0.6 is 47.8 Å². The van der Waals surface area contributed by atoms with E-state index in [0.717, 1.165) is 140 Å². The predicted octanol–water partition coefficient (Wildman–Crippen LogP) is 19.1. The molecule has 11 rings (SSSR count). The third kappa shape index (κ3) is 37.2. The van der Waals surface area contributed by atoms with Crippen molar-refractivity contribution in [2.75, 3.05) is 108 Å². The molecule has 0 fully saturated rings. The van der Waals surface area contributed by atoms with E-state index in [9.17, 15) is 49.1 Å². The van der Waals surface area contributed by atoms with E-state index in [2.05, 4.69) is 87.6 Å². The number of rotatable bonds is 16. The Morgan fingerprint density at radius 2 is 0.835 bits per heavy atom. The lowest BCUT2D eigenvalue weighted by atomic mass is 9.94. The number of halogens is 12. The summed E-state index contributed by atoms with van der Waals surface area (Å²) in [6, 6.07) is 26.7. The number of likely N-dealkylation sites (N-methyl/N-ethyl adjacent to an activating group) is 4. The second-order valence-corrected chi connectivity index (χ2v) is 31.7. The highest BCUT2D eigenvalue weighted by molar-refractivity contribution is 9.11. The van der Waals surface area contributed by atoms with Crippen LogP contribution in [0.4, 0.5) is 49.1 Å². The number of aliphatic hydroxyl groups is 1. The van der Waals surface area contributed by atoms with E-state index in [0.29, 0.717) is 58.0 Å². The minimum Gasteiger partial charge on any atom is -0.428 e. The highest BCUT2D eigenvalue weighted by atomic mass is 79.9. The van der Waals surface area contributed by atoms with E-state index in [1.165, 1.54) is 42.5 Å². The molecule has 0 aliphatic carbocycles. The molecular weight excluding hydrogens is 1740 g/mol. The molecular formula is C82H116Br3F9N4O16S. The van der Waals surface area contributed by atoms with Crippen LogP contribution < -0.4 is 21.3 Å². The lowest BCUT2D eigenvalue weighted by molar-refractivity contribution is -0.0978. The Hall–Kier alpha value is -5.70. The highest BCUT2D eigenvalue weighted by Crippen LogP contribution is 2.38. The molecule has 6 aromatic rings. The summed E-state index contributed by atoms with van der Waals surface area (Å²) in [5, 5.41) is 20.6. The van der Waals surface area contributed by atoms with Gasteiger partial charge < -0.3 is 73.7 Å². The molecule has 33 heteroatoms. The molecule has 3 unspecified atom stereocenters. The molecule has 650 valence electrons. The second kappa shape index (κ2) is 53.8. The van der Waals surface area contributed by atoms with Crippen molar-refractivity contribution < 1.29 is 116 Å². The molecule has 5 atom stereocenters. The summed E-state index contributed by atoms with van der Waals surface area (Å²) in [4.78, 5) is 22.0. The van der Waals surface area contributed by atoms with Gasteiger partial charge in [-0.1, -0.05) is 118 Å². The number of carbonyl (C=O) groups excluding carboxylic acids is 2. The van der Waals surface area contributed by atoms with Gasteiger partial charge in [0.05, 0.1) is 63.6 Å². The smallest absolute Gasteiger partial charge is 0.428 e. The van der Waals surface area contributed by atoms with Crippen LogP contribution in [0.1, 0.15) is 182 Å². The number of benzene rings is 6. The maximum atomic E-state index is 13.7. The van der Waals surface area contributed by atoms with Gasteiger partial charge in [-0.25, -0.2) is 35.9 Å². The Morgan fingerprint density at radius 1 is 0.513 bits per heavy atom. The van der Waals surface area contributed by atoms with Crippen LogP contribution in [0.3, 0.4) is 0 Å². The van der Waals surface area contributed by atoms with Crippen LogP contribution in [0, 0.1) is 34.9 Å². The monoisotopic (exact) mass is 1850 g/mol. The zero-order chi connectivity index (χ0) is 85.5. The molecule has 115 heavy (non-hydrogen) atoms. The minimum atomic E-state index is -5.84. The normalized spacial score (nSPS) is 17.0. The quantitative estimate of drug-likeness (QED) is 0.0132. The van der Waals surface area contributed by atoms with E-state index in [4.69, 9.17) is 60.7 Å². The van der Waals surface area contributed by atoms with Crippen molar-refractivity contribution in [3.05, 3.63) is 207 Å². The number of methoxy groups -OCH3 is 2. The Balaban J connectivity index is 0.000000656. The van der Waals surface area contributed by atoms with Gasteiger partial charge in [0.25, 0.3) is 0 Å². The van der Waals surface area contributed by atoms with Crippen molar-refractivity contribution in [2.45, 2.75) is 181 Å². The summed E-state index contributed by atoms with van der Waals surface area (Å²) in [6.45, 7) is 20.4. The number of hydrogen-bond donors (Lipinski definition) is 6. The zero-order valence-electron chi connectivity index (χ0n) is 66.9. The number of ether oxygens (including phenoxy) is 10. The third-order valence-corrected chi connectivity index (χ3v) is 19.6. The molecule has 0 bridgehead atoms. The summed E-state index contributed by atoms with van der Waals surface area (Å²) in [6.07, 6.45) is 5.61. The molecule has 5 aliphatic heterocycles. The summed E-state index contributed by atoms with van der Waals surface area (Å²) >= 11 is 10.2. The van der Waals surface area contributed by atoms with Crippen LogP contribution in [0.2, 0.25) is 0 Å². The third-order valence-electron chi connectivity index (χ3n) is 16.7. The topological polar surface area (TPSA) is 249 Å². The summed E-state index contributed by atoms with van der Waals surface area (Å²) in [5.74, 6) is -0.985. The Kier molecular flexibility index (Phi) is 49.3. The molecule has 0 aromatic heterocycles. The Labute approximate surface area is 698 Å². The molecule has 6 N–H and O–H groups in total. The molecule has 5 aliphatic rings. The van der Waals surface area contributed by atoms with Crippen molar-refractivity contribution in [3.8, 4) is 0 Å². The van der Waals surface area contributed by atoms with Crippen LogP contribution in [0.5, 0.6) is 0 Å². The highest BCUT2D eigenvalue weighted by Gasteiger charge is 2.44. The van der Waals surface area contributed by atoms with E-state index in [1.54, 1.807) is 92.2 Å². The summed E-state index contributed by atoms with van der Waals surface area (Å²) in [5.41, 5.74) is 2.99. The molecule has 0 saturated heterocycles. The largest absolute Gasteiger partial charge is 0.522 e. The average molecular weight is 1860 g/mol. The molecule has 6 aromatic carbocycles. The lowest BCUT2D eigenvalue weighted by Crippen LogP contribution is -2.29. The molecule has 5 heterocycles. The number of aliphatic hydroxyl groups excluding tert-OH is 1. The summed E-state index contributed by atoms with van der Waals surface area (Å²) < 4.78 is 192. The maximum Gasteiger partial charge on any atom is 0.522 e. The molecule has 0 amide bonds. The van der Waals surface area contributed by atoms with E-state index in [-0.39, 0.29) is 87.2 Å². The van der Waals surface area contributed by atoms with E-state index >= 15 is 0 Å². The lowest BCUT2D eigenvalue weighted by Gasteiger charge is -2.27. The number of fused-ring (bicyclic) bond motifs is 5. The van der Waals surface area contributed by atoms with Crippen LogP contribution in [-0.4, -0.2) is 162 Å². The second-order valence-electron chi connectivity index (χ2n) is 27.7. The van der Waals surface area contributed by atoms with Crippen molar-refractivity contribution in [1.82, 2.24) is 21.3 Å². The van der Waals surface area contributed by atoms with Gasteiger partial charge in [0.2, 0.25) is 0 Å². The Morgan fingerprint density at radius 3 is 1.16 bits per heavy atom. The van der Waals surface area contributed by atoms with Gasteiger partial charge >= 0.3 is 27.9 Å². The van der Waals surface area contributed by atoms with Gasteiger partial charge in [-0.2, -0.15) is 21.6 Å². The van der Waals surface area contributed by atoms with Crippen LogP contribution in [-0.2, 0) is 96.0 Å². The number of carbonyl (C=O) groups is 2. The van der Waals surface area contributed by atoms with Crippen molar-refractivity contribution in [3.63, 3.8) is 0 Å². The van der Waals surface area contributed by atoms with Gasteiger partial charge in [-0.05, 0) is 215 Å². The SMILES string of the molecule is C.CC(C)(C)OC(=O)OC(=O)OC(C)(C)C.CCCC1OCCc2c(Br)ccc(F)c21.CCCC1OCCc2cccc(F)c21.CNCC(OC)OC.CNCC1OCCc2c(Br)ccc(F)c21.CNC[C@@H]1OCCc2cccc(F)c21.CNC[C@H]1OCCc2cccc(F)c21.O=S(=O)(O)C(F)(F)F.OCCc1cc(F)ccc1Br.[HH]. The average Bonchev–Trinajstić information content (AvgIpc) is 1.61. The first kappa shape index (κ1) is 105. The van der Waals surface area contributed by atoms with Gasteiger partial charge in [-0.15, -0.1) is 0 Å². The van der Waals surface area contributed by atoms with Gasteiger partial charge in [0, 0.05) is 89.7 Å². The number of alkyl halides is 3. The fourth-order valence-electron chi connectivity index (χ4n) is 11.8. The first-order valence-electron chi connectivity index (χ1n) is 37.0. The number of hydrogen-bond acceptors (Lipinski definition) is 19. The summed E-state index contributed by atoms with van der Waals surface area (Å²) in [7, 11) is 4.78. The molecule has 0 radical (unpaired) electrons. The van der Waals surface area contributed by atoms with Crippen molar-refractivity contribution in [1.29, 1.82) is 0 Å². The van der Waals surface area contributed by atoms with Gasteiger partial charge in [0.1, 0.15) is 46.1 Å². The van der Waals surface area contributed by atoms with Crippen LogP contribution in [0.25, 0.3) is 0 Å². The standard InChI is InChI=1S/C12H14BrFO.C12H15FO.C11H13BrFNO.2C11H14FNO.C10H18O5.C8H8BrFO.C5H13NO2.CHF3O3S.CH4.H2/c1-2-3-11-12-8(6-7-15-11)9(13)4-5-10(12)14;1-2-4-11-12-9(7-8-14-11)5-3-6-10(12)13;1-14-6-10-11-7(4-5-15-10)8(12)2-3-9(11)13;2*1-13-7-10-11-8(5-6-14-10)3-2-4-9(11)12;1-9(2,3)14-7(11)13-8(12)15-10(4,5)6;9-8-2-1-7(10)5-6(8)3-4-11;1-6-4-5(7-2)8-3;2-1(3,4)8(5,6)7;;/h4-5,11H,2-3,6-7H2,1H3;3,5-6,11H,2,4,7-8H2,1H3;2-3,10,14H,4-6H2,1H3;2*2-4,10,13H,5-7H2,1H3;1-6H3;1-2,5,11H,3-4H2;5-6H,4H2,1-3H3;(H,5,6,7);1H4;1H/t;;;2*10-;;;;;;/m...10....../s1.